The van der Waals surface area contributed by atoms with Gasteiger partial charge in [-0.15, -0.1) is 11.3 Å². The maximum absolute atomic E-state index is 6.27. The average Bonchev–Trinajstić information content (AvgIpc) is 3.59. The molecule has 1 aliphatic heterocycles. The van der Waals surface area contributed by atoms with Gasteiger partial charge in [-0.25, -0.2) is 19.5 Å². The van der Waals surface area contributed by atoms with E-state index in [4.69, 9.17) is 23.6 Å². The Balaban J connectivity index is 1.30. The molecule has 1 saturated heterocycles. The summed E-state index contributed by atoms with van der Waals surface area (Å²) in [4.78, 5) is 17.0. The standard InChI is InChI=1S/C24H24N6O4S/c1-14-19(27-24(35-14)29-4-6-32-7-5-29)13-33-20-8-16(31-3)9-21-17(20)10-22(34-21)18-12-30-23(26-18)11-25-15(2)28-30/h8-12H,4-7,13H2,1-3H3. The van der Waals surface area contributed by atoms with Gasteiger partial charge in [0.05, 0.1) is 43.8 Å². The molecule has 1 aliphatic rings. The van der Waals surface area contributed by atoms with E-state index >= 15 is 0 Å². The number of benzene rings is 1. The summed E-state index contributed by atoms with van der Waals surface area (Å²) in [6, 6.07) is 5.64. The fourth-order valence-electron chi connectivity index (χ4n) is 4.03. The zero-order chi connectivity index (χ0) is 23.9. The Morgan fingerprint density at radius 2 is 1.97 bits per heavy atom. The summed E-state index contributed by atoms with van der Waals surface area (Å²) in [5.41, 5.74) is 2.88. The lowest BCUT2D eigenvalue weighted by Gasteiger charge is -2.26. The van der Waals surface area contributed by atoms with Gasteiger partial charge < -0.3 is 23.5 Å². The third-order valence-electron chi connectivity index (χ3n) is 5.92. The molecule has 11 heteroatoms. The van der Waals surface area contributed by atoms with Crippen LogP contribution >= 0.6 is 11.3 Å². The lowest BCUT2D eigenvalue weighted by molar-refractivity contribution is 0.122. The van der Waals surface area contributed by atoms with Crippen LogP contribution in [-0.4, -0.2) is 58.0 Å². The lowest BCUT2D eigenvalue weighted by atomic mass is 10.2. The summed E-state index contributed by atoms with van der Waals surface area (Å²) in [6.07, 6.45) is 3.51. The maximum Gasteiger partial charge on any atom is 0.186 e. The fraction of sp³-hybridized carbons (Fsp3) is 0.333. The van der Waals surface area contributed by atoms with Crippen LogP contribution in [0.2, 0.25) is 0 Å². The number of furan rings is 1. The molecule has 5 heterocycles. The Kier molecular flexibility index (Phi) is 5.50. The molecule has 0 saturated carbocycles. The van der Waals surface area contributed by atoms with E-state index in [9.17, 15) is 0 Å². The fourth-order valence-corrected chi connectivity index (χ4v) is 5.00. The molecule has 10 nitrogen and oxygen atoms in total. The Labute approximate surface area is 205 Å². The lowest BCUT2D eigenvalue weighted by Crippen LogP contribution is -2.36. The van der Waals surface area contributed by atoms with Gasteiger partial charge in [-0.1, -0.05) is 0 Å². The Bertz CT molecular complexity index is 1520. The molecular formula is C24H24N6O4S. The molecular weight excluding hydrogens is 468 g/mol. The minimum absolute atomic E-state index is 0.346. The van der Waals surface area contributed by atoms with E-state index in [1.165, 1.54) is 0 Å². The van der Waals surface area contributed by atoms with Crippen LogP contribution in [-0.2, 0) is 11.3 Å². The van der Waals surface area contributed by atoms with Gasteiger partial charge in [0.2, 0.25) is 0 Å². The summed E-state index contributed by atoms with van der Waals surface area (Å²) >= 11 is 1.69. The summed E-state index contributed by atoms with van der Waals surface area (Å²) in [5, 5.41) is 6.21. The number of nitrogens with zero attached hydrogens (tertiary/aromatic N) is 6. The van der Waals surface area contributed by atoms with Gasteiger partial charge in [0, 0.05) is 30.1 Å². The highest BCUT2D eigenvalue weighted by molar-refractivity contribution is 7.15. The van der Waals surface area contributed by atoms with Crippen LogP contribution in [0.15, 0.2) is 35.0 Å². The molecule has 0 atom stereocenters. The molecule has 35 heavy (non-hydrogen) atoms. The first-order chi connectivity index (χ1) is 17.1. The average molecular weight is 493 g/mol. The second-order valence-corrected chi connectivity index (χ2v) is 9.45. The number of fused-ring (bicyclic) bond motifs is 2. The number of anilines is 1. The number of hydrogen-bond acceptors (Lipinski definition) is 10. The first kappa shape index (κ1) is 21.8. The molecule has 5 aromatic rings. The van der Waals surface area contributed by atoms with Gasteiger partial charge in [-0.05, 0) is 19.9 Å². The smallest absolute Gasteiger partial charge is 0.186 e. The quantitative estimate of drug-likeness (QED) is 0.348. The molecule has 0 aliphatic carbocycles. The van der Waals surface area contributed by atoms with Crippen molar-refractivity contribution in [1.82, 2.24) is 24.6 Å². The third kappa shape index (κ3) is 4.17. The largest absolute Gasteiger partial charge is 0.496 e. The number of imidazole rings is 1. The van der Waals surface area contributed by atoms with E-state index in [-0.39, 0.29) is 0 Å². The molecule has 0 unspecified atom stereocenters. The molecule has 4 aromatic heterocycles. The number of aromatic nitrogens is 5. The third-order valence-corrected chi connectivity index (χ3v) is 7.00. The molecule has 180 valence electrons. The van der Waals surface area contributed by atoms with Crippen molar-refractivity contribution in [3.8, 4) is 23.0 Å². The van der Waals surface area contributed by atoms with Gasteiger partial charge in [-0.3, -0.25) is 0 Å². The van der Waals surface area contributed by atoms with Crippen molar-refractivity contribution in [3.63, 3.8) is 0 Å². The van der Waals surface area contributed by atoms with E-state index < -0.39 is 0 Å². The normalized spacial score (nSPS) is 14.2. The van der Waals surface area contributed by atoms with Crippen LogP contribution in [0, 0.1) is 13.8 Å². The first-order valence-corrected chi connectivity index (χ1v) is 12.1. The van der Waals surface area contributed by atoms with E-state index in [0.717, 1.165) is 47.4 Å². The molecule has 1 fully saturated rings. The number of aryl methyl sites for hydroxylation is 2. The second kappa shape index (κ2) is 8.82. The highest BCUT2D eigenvalue weighted by atomic mass is 32.1. The van der Waals surface area contributed by atoms with E-state index in [2.05, 4.69) is 26.9 Å². The monoisotopic (exact) mass is 492 g/mol. The molecule has 0 amide bonds. The highest BCUT2D eigenvalue weighted by Crippen LogP contribution is 2.37. The summed E-state index contributed by atoms with van der Waals surface area (Å²) in [7, 11) is 1.62. The van der Waals surface area contributed by atoms with Crippen LogP contribution in [0.4, 0.5) is 5.13 Å². The van der Waals surface area contributed by atoms with Crippen LogP contribution in [0.3, 0.4) is 0 Å². The van der Waals surface area contributed by atoms with Gasteiger partial charge in [0.1, 0.15) is 35.2 Å². The van der Waals surface area contributed by atoms with Crippen LogP contribution < -0.4 is 14.4 Å². The SMILES string of the molecule is COc1cc(OCc2nc(N3CCOCC3)sc2C)c2cc(-c3cn4nc(C)ncc4n3)oc2c1. The van der Waals surface area contributed by atoms with Crippen molar-refractivity contribution in [2.75, 3.05) is 38.3 Å². The van der Waals surface area contributed by atoms with Crippen LogP contribution in [0.25, 0.3) is 28.1 Å². The van der Waals surface area contributed by atoms with Gasteiger partial charge in [0.15, 0.2) is 16.5 Å². The van der Waals surface area contributed by atoms with Gasteiger partial charge in [0.25, 0.3) is 0 Å². The van der Waals surface area contributed by atoms with E-state index in [1.54, 1.807) is 29.2 Å². The molecule has 0 N–H and O–H groups in total. The summed E-state index contributed by atoms with van der Waals surface area (Å²) in [6.45, 7) is 7.43. The number of methoxy groups -OCH3 is 1. The number of ether oxygens (including phenoxy) is 3. The maximum atomic E-state index is 6.27. The number of rotatable bonds is 6. The number of morpholine rings is 1. The predicted octanol–water partition coefficient (Wildman–Crippen LogP) is 4.04. The second-order valence-electron chi connectivity index (χ2n) is 8.27. The Morgan fingerprint density at radius 1 is 1.11 bits per heavy atom. The van der Waals surface area contributed by atoms with Crippen molar-refractivity contribution in [2.45, 2.75) is 20.5 Å². The molecule has 0 spiro atoms. The zero-order valence-corrected chi connectivity index (χ0v) is 20.5. The van der Waals surface area contributed by atoms with Gasteiger partial charge >= 0.3 is 0 Å². The number of hydrogen-bond donors (Lipinski definition) is 0. The summed E-state index contributed by atoms with van der Waals surface area (Å²) < 4.78 is 25.0. The van der Waals surface area contributed by atoms with Crippen LogP contribution in [0.5, 0.6) is 11.5 Å². The molecule has 6 rings (SSSR count). The van der Waals surface area contributed by atoms with Crippen molar-refractivity contribution in [1.29, 1.82) is 0 Å². The number of thiazole rings is 1. The Morgan fingerprint density at radius 3 is 2.80 bits per heavy atom. The summed E-state index contributed by atoms with van der Waals surface area (Å²) in [5.74, 6) is 2.59. The first-order valence-electron chi connectivity index (χ1n) is 11.3. The van der Waals surface area contributed by atoms with Gasteiger partial charge in [-0.2, -0.15) is 5.10 Å². The van der Waals surface area contributed by atoms with Crippen molar-refractivity contribution < 1.29 is 18.6 Å². The predicted molar refractivity (Wildman–Crippen MR) is 131 cm³/mol. The van der Waals surface area contributed by atoms with Crippen molar-refractivity contribution >= 4 is 33.1 Å². The minimum atomic E-state index is 0.346. The highest BCUT2D eigenvalue weighted by Gasteiger charge is 2.19. The minimum Gasteiger partial charge on any atom is -0.496 e. The zero-order valence-electron chi connectivity index (χ0n) is 19.6. The topological polar surface area (TPSA) is 100 Å². The van der Waals surface area contributed by atoms with E-state index in [0.29, 0.717) is 46.6 Å². The molecule has 0 bridgehead atoms. The van der Waals surface area contributed by atoms with E-state index in [1.807, 2.05) is 31.3 Å². The Hall–Kier alpha value is -3.70. The van der Waals surface area contributed by atoms with Crippen molar-refractivity contribution in [3.05, 3.63) is 47.0 Å². The van der Waals surface area contributed by atoms with Crippen molar-refractivity contribution in [2.24, 2.45) is 0 Å². The molecule has 0 radical (unpaired) electrons. The van der Waals surface area contributed by atoms with Crippen LogP contribution in [0.1, 0.15) is 16.4 Å². The molecule has 1 aromatic carbocycles.